The molecule has 2 heterocycles. The Kier molecular flexibility index (Phi) is 6.88. The van der Waals surface area contributed by atoms with E-state index in [4.69, 9.17) is 11.6 Å². The van der Waals surface area contributed by atoms with Crippen LogP contribution in [0, 0.1) is 0 Å². The highest BCUT2D eigenvalue weighted by atomic mass is 35.5. The van der Waals surface area contributed by atoms with Crippen LogP contribution < -0.4 is 10.2 Å². The number of halogens is 4. The maximum atomic E-state index is 13.0. The normalized spacial score (nSPS) is 19.9. The number of piperidine rings is 1. The van der Waals surface area contributed by atoms with Crippen molar-refractivity contribution >= 4 is 28.9 Å². The van der Waals surface area contributed by atoms with Gasteiger partial charge in [0.15, 0.2) is 0 Å². The Morgan fingerprint density at radius 3 is 2.70 bits per heavy atom. The third kappa shape index (κ3) is 5.28. The van der Waals surface area contributed by atoms with Gasteiger partial charge in [-0.05, 0) is 67.6 Å². The van der Waals surface area contributed by atoms with Crippen LogP contribution in [0.1, 0.15) is 42.9 Å². The standard InChI is InChI=1S/C24H27ClF3N3O2/c1-15(32)31-10-3-2-4-22(31)23(33)29-19-7-5-17(20(25)13-19)14-30-11-9-16-12-18(24(26,27)28)6-8-21(16)30/h5-8,12-13,15,22,32H,2-4,9-11,14H2,1H3,(H,29,33)/t15?,22-/m1/s1. The molecule has 0 aliphatic carbocycles. The van der Waals surface area contributed by atoms with Gasteiger partial charge in [0.05, 0.1) is 11.6 Å². The molecule has 1 saturated heterocycles. The van der Waals surface area contributed by atoms with Gasteiger partial charge in [0.1, 0.15) is 6.23 Å². The van der Waals surface area contributed by atoms with Gasteiger partial charge in [-0.1, -0.05) is 24.1 Å². The van der Waals surface area contributed by atoms with Gasteiger partial charge in [-0.25, -0.2) is 0 Å². The Morgan fingerprint density at radius 1 is 1.21 bits per heavy atom. The number of carbonyl (C=O) groups excluding carboxylic acids is 1. The molecule has 2 N–H and O–H groups in total. The molecule has 0 radical (unpaired) electrons. The quantitative estimate of drug-likeness (QED) is 0.627. The monoisotopic (exact) mass is 481 g/mol. The van der Waals surface area contributed by atoms with Gasteiger partial charge in [0.25, 0.3) is 0 Å². The minimum absolute atomic E-state index is 0.173. The second-order valence-electron chi connectivity index (χ2n) is 8.69. The predicted octanol–water partition coefficient (Wildman–Crippen LogP) is 5.05. The van der Waals surface area contributed by atoms with Gasteiger partial charge in [-0.3, -0.25) is 9.69 Å². The van der Waals surface area contributed by atoms with E-state index < -0.39 is 18.0 Å². The Balaban J connectivity index is 1.43. The molecule has 0 spiro atoms. The molecule has 0 saturated carbocycles. The van der Waals surface area contributed by atoms with Crippen molar-refractivity contribution in [3.63, 3.8) is 0 Å². The van der Waals surface area contributed by atoms with Crippen molar-refractivity contribution in [3.05, 3.63) is 58.1 Å². The highest BCUT2D eigenvalue weighted by Crippen LogP contribution is 2.37. The molecule has 2 atom stereocenters. The van der Waals surface area contributed by atoms with Crippen molar-refractivity contribution in [1.29, 1.82) is 0 Å². The molecule has 178 valence electrons. The number of hydrogen-bond donors (Lipinski definition) is 2. The number of anilines is 2. The van der Waals surface area contributed by atoms with Crippen molar-refractivity contribution in [2.75, 3.05) is 23.3 Å². The summed E-state index contributed by atoms with van der Waals surface area (Å²) in [5, 5.41) is 13.3. The number of nitrogens with zero attached hydrogens (tertiary/aromatic N) is 2. The van der Waals surface area contributed by atoms with E-state index in [2.05, 4.69) is 5.32 Å². The van der Waals surface area contributed by atoms with Crippen LogP contribution in [-0.2, 0) is 23.9 Å². The number of benzene rings is 2. The number of carbonyl (C=O) groups is 1. The summed E-state index contributed by atoms with van der Waals surface area (Å²) in [5.74, 6) is -0.173. The molecule has 4 rings (SSSR count). The molecule has 2 aliphatic heterocycles. The lowest BCUT2D eigenvalue weighted by Crippen LogP contribution is -2.50. The van der Waals surface area contributed by atoms with Crippen LogP contribution in [0.3, 0.4) is 0 Å². The van der Waals surface area contributed by atoms with Gasteiger partial charge < -0.3 is 15.3 Å². The van der Waals surface area contributed by atoms with Crippen molar-refractivity contribution in [2.45, 2.75) is 57.6 Å². The van der Waals surface area contributed by atoms with Crippen LogP contribution in [0.2, 0.25) is 5.02 Å². The van der Waals surface area contributed by atoms with E-state index >= 15 is 0 Å². The molecule has 1 fully saturated rings. The van der Waals surface area contributed by atoms with Gasteiger partial charge in [-0.2, -0.15) is 13.2 Å². The molecule has 9 heteroatoms. The summed E-state index contributed by atoms with van der Waals surface area (Å²) in [6.45, 7) is 3.42. The average Bonchev–Trinajstić information content (AvgIpc) is 3.17. The van der Waals surface area contributed by atoms with E-state index in [0.29, 0.717) is 48.7 Å². The molecular formula is C24H27ClF3N3O2. The number of aliphatic hydroxyl groups is 1. The largest absolute Gasteiger partial charge is 0.416 e. The fourth-order valence-electron chi connectivity index (χ4n) is 4.68. The second-order valence-corrected chi connectivity index (χ2v) is 9.10. The lowest BCUT2D eigenvalue weighted by molar-refractivity contribution is -0.137. The van der Waals surface area contributed by atoms with E-state index in [-0.39, 0.29) is 11.9 Å². The van der Waals surface area contributed by atoms with Crippen LogP contribution in [-0.4, -0.2) is 41.3 Å². The van der Waals surface area contributed by atoms with Crippen LogP contribution in [0.25, 0.3) is 0 Å². The fourth-order valence-corrected chi connectivity index (χ4v) is 4.92. The van der Waals surface area contributed by atoms with Crippen molar-refractivity contribution in [2.24, 2.45) is 0 Å². The molecule has 1 amide bonds. The molecule has 0 bridgehead atoms. The molecule has 33 heavy (non-hydrogen) atoms. The zero-order valence-electron chi connectivity index (χ0n) is 18.3. The number of rotatable bonds is 5. The SMILES string of the molecule is CC(O)N1CCCC[C@@H]1C(=O)Nc1ccc(CN2CCc3cc(C(F)(F)F)ccc32)c(Cl)c1. The average molecular weight is 482 g/mol. The molecule has 2 aromatic rings. The van der Waals surface area contributed by atoms with E-state index in [1.807, 2.05) is 11.0 Å². The van der Waals surface area contributed by atoms with Crippen LogP contribution in [0.5, 0.6) is 0 Å². The second kappa shape index (κ2) is 9.52. The first-order chi connectivity index (χ1) is 15.6. The third-order valence-electron chi connectivity index (χ3n) is 6.41. The molecular weight excluding hydrogens is 455 g/mol. The van der Waals surface area contributed by atoms with Gasteiger partial charge >= 0.3 is 6.18 Å². The number of alkyl halides is 3. The predicted molar refractivity (Wildman–Crippen MR) is 122 cm³/mol. The Morgan fingerprint density at radius 2 is 2.00 bits per heavy atom. The Hall–Kier alpha value is -2.29. The highest BCUT2D eigenvalue weighted by Gasteiger charge is 2.33. The zero-order valence-corrected chi connectivity index (χ0v) is 19.1. The van der Waals surface area contributed by atoms with Gasteiger partial charge in [0.2, 0.25) is 5.91 Å². The first-order valence-electron chi connectivity index (χ1n) is 11.1. The molecule has 0 aromatic heterocycles. The first-order valence-corrected chi connectivity index (χ1v) is 11.5. The highest BCUT2D eigenvalue weighted by molar-refractivity contribution is 6.31. The maximum absolute atomic E-state index is 13.0. The maximum Gasteiger partial charge on any atom is 0.416 e. The van der Waals surface area contributed by atoms with E-state index in [1.165, 1.54) is 12.1 Å². The van der Waals surface area contributed by atoms with Crippen LogP contribution in [0.4, 0.5) is 24.5 Å². The van der Waals surface area contributed by atoms with Crippen molar-refractivity contribution < 1.29 is 23.1 Å². The lowest BCUT2D eigenvalue weighted by Gasteiger charge is -2.36. The van der Waals surface area contributed by atoms with E-state index in [0.717, 1.165) is 30.2 Å². The Bertz CT molecular complexity index is 1030. The number of aliphatic hydroxyl groups excluding tert-OH is 1. The number of hydrogen-bond acceptors (Lipinski definition) is 4. The number of likely N-dealkylation sites (tertiary alicyclic amines) is 1. The molecule has 1 unspecified atom stereocenters. The smallest absolute Gasteiger partial charge is 0.379 e. The van der Waals surface area contributed by atoms with Crippen LogP contribution in [0.15, 0.2) is 36.4 Å². The number of nitrogens with one attached hydrogen (secondary N) is 1. The minimum Gasteiger partial charge on any atom is -0.379 e. The fraction of sp³-hybridized carbons (Fsp3) is 0.458. The summed E-state index contributed by atoms with van der Waals surface area (Å²) in [4.78, 5) is 16.6. The molecule has 2 aromatic carbocycles. The van der Waals surface area contributed by atoms with Gasteiger partial charge in [-0.15, -0.1) is 0 Å². The lowest BCUT2D eigenvalue weighted by atomic mass is 10.0. The number of fused-ring (bicyclic) bond motifs is 1. The first kappa shape index (κ1) is 23.9. The number of amides is 1. The van der Waals surface area contributed by atoms with Crippen molar-refractivity contribution in [3.8, 4) is 0 Å². The summed E-state index contributed by atoms with van der Waals surface area (Å²) < 4.78 is 39.0. The third-order valence-corrected chi connectivity index (χ3v) is 6.76. The summed E-state index contributed by atoms with van der Waals surface area (Å²) in [6, 6.07) is 8.75. The summed E-state index contributed by atoms with van der Waals surface area (Å²) >= 11 is 6.49. The van der Waals surface area contributed by atoms with E-state index in [9.17, 15) is 23.1 Å². The summed E-state index contributed by atoms with van der Waals surface area (Å²) in [5.41, 5.74) is 2.23. The van der Waals surface area contributed by atoms with E-state index in [1.54, 1.807) is 24.0 Å². The van der Waals surface area contributed by atoms with Gasteiger partial charge in [0, 0.05) is 36.0 Å². The summed E-state index contributed by atoms with van der Waals surface area (Å²) in [7, 11) is 0. The Labute approximate surface area is 196 Å². The molecule has 2 aliphatic rings. The van der Waals surface area contributed by atoms with Crippen molar-refractivity contribution in [1.82, 2.24) is 4.90 Å². The summed E-state index contributed by atoms with van der Waals surface area (Å²) in [6.07, 6.45) is -1.92. The topological polar surface area (TPSA) is 55.8 Å². The zero-order chi connectivity index (χ0) is 23.8. The molecule has 5 nitrogen and oxygen atoms in total. The van der Waals surface area contributed by atoms with Crippen LogP contribution >= 0.6 is 11.6 Å². The minimum atomic E-state index is -4.35.